The van der Waals surface area contributed by atoms with Crippen molar-refractivity contribution >= 4 is 29.0 Å². The summed E-state index contributed by atoms with van der Waals surface area (Å²) in [5, 5.41) is 3.58. The molecule has 3 amide bonds. The van der Waals surface area contributed by atoms with Crippen LogP contribution in [0.1, 0.15) is 36.0 Å². The number of esters is 1. The molecule has 2 aromatic heterocycles. The lowest BCUT2D eigenvalue weighted by molar-refractivity contribution is -0.139. The quantitative estimate of drug-likeness (QED) is 0.619. The number of fused-ring (bicyclic) bond motifs is 1. The van der Waals surface area contributed by atoms with Gasteiger partial charge in [-0.3, -0.25) is 10.2 Å². The average Bonchev–Trinajstić information content (AvgIpc) is 3.40. The molecule has 1 aliphatic heterocycles. The number of hydrazine groups is 1. The molecule has 1 atom stereocenters. The minimum absolute atomic E-state index is 0.151. The summed E-state index contributed by atoms with van der Waals surface area (Å²) >= 11 is 0. The van der Waals surface area contributed by atoms with E-state index in [0.29, 0.717) is 22.6 Å². The summed E-state index contributed by atoms with van der Waals surface area (Å²) in [7, 11) is 0. The number of aromatic nitrogens is 1. The van der Waals surface area contributed by atoms with Crippen molar-refractivity contribution in [1.82, 2.24) is 20.7 Å². The molecule has 154 valence electrons. The van der Waals surface area contributed by atoms with E-state index in [-0.39, 0.29) is 17.7 Å². The Bertz CT molecular complexity index is 1150. The van der Waals surface area contributed by atoms with Crippen LogP contribution in [0.25, 0.3) is 11.1 Å². The highest BCUT2D eigenvalue weighted by Gasteiger charge is 2.41. The normalized spacial score (nSPS) is 16.5. The smallest absolute Gasteiger partial charge is 0.341 e. The van der Waals surface area contributed by atoms with E-state index in [4.69, 9.17) is 13.6 Å². The number of ether oxygens (including phenoxy) is 1. The van der Waals surface area contributed by atoms with E-state index in [1.165, 1.54) is 18.7 Å². The van der Waals surface area contributed by atoms with Gasteiger partial charge in [-0.15, -0.1) is 0 Å². The van der Waals surface area contributed by atoms with Crippen LogP contribution in [0.5, 0.6) is 0 Å². The first-order valence-electron chi connectivity index (χ1n) is 9.15. The zero-order chi connectivity index (χ0) is 21.3. The second-order valence-corrected chi connectivity index (χ2v) is 6.45. The molecule has 0 fully saturated rings. The number of hydrogen-bond acceptors (Lipinski definition) is 7. The van der Waals surface area contributed by atoms with Crippen LogP contribution in [0, 0.1) is 0 Å². The van der Waals surface area contributed by atoms with Crippen molar-refractivity contribution in [2.75, 3.05) is 6.61 Å². The fourth-order valence-electron chi connectivity index (χ4n) is 3.22. The van der Waals surface area contributed by atoms with Crippen molar-refractivity contribution in [3.63, 3.8) is 0 Å². The number of benzene rings is 1. The van der Waals surface area contributed by atoms with Crippen LogP contribution >= 0.6 is 0 Å². The molecule has 2 N–H and O–H groups in total. The van der Waals surface area contributed by atoms with Crippen molar-refractivity contribution in [3.05, 3.63) is 65.6 Å². The molecule has 3 heterocycles. The maximum atomic E-state index is 12.9. The zero-order valence-corrected chi connectivity index (χ0v) is 16.2. The lowest BCUT2D eigenvalue weighted by Gasteiger charge is -2.36. The van der Waals surface area contributed by atoms with E-state index in [9.17, 15) is 14.4 Å². The Balaban J connectivity index is 1.70. The van der Waals surface area contributed by atoms with Gasteiger partial charge in [0.1, 0.15) is 17.3 Å². The van der Waals surface area contributed by atoms with Crippen LogP contribution in [0.2, 0.25) is 0 Å². The maximum Gasteiger partial charge on any atom is 0.341 e. The molecule has 10 heteroatoms. The van der Waals surface area contributed by atoms with Crippen molar-refractivity contribution in [2.45, 2.75) is 19.9 Å². The molecular formula is C20H18N4O6. The van der Waals surface area contributed by atoms with Crippen LogP contribution in [-0.4, -0.2) is 34.5 Å². The number of nitrogens with one attached hydrogen (secondary N) is 2. The Hall–Kier alpha value is -4.08. The summed E-state index contributed by atoms with van der Waals surface area (Å²) in [5.41, 5.74) is 4.29. The van der Waals surface area contributed by atoms with Gasteiger partial charge in [0.25, 0.3) is 5.91 Å². The number of nitrogens with zero attached hydrogens (tertiary/aromatic N) is 2. The topological polar surface area (TPSA) is 127 Å². The Morgan fingerprint density at radius 2 is 2.13 bits per heavy atom. The van der Waals surface area contributed by atoms with Crippen LogP contribution in [-0.2, 0) is 9.53 Å². The van der Waals surface area contributed by atoms with Gasteiger partial charge in [0.05, 0.1) is 18.4 Å². The molecule has 1 aromatic carbocycles. The van der Waals surface area contributed by atoms with E-state index < -0.39 is 23.9 Å². The van der Waals surface area contributed by atoms with Gasteiger partial charge in [0.2, 0.25) is 0 Å². The predicted molar refractivity (Wildman–Crippen MR) is 103 cm³/mol. The first-order valence-corrected chi connectivity index (χ1v) is 9.15. The van der Waals surface area contributed by atoms with Gasteiger partial charge in [-0.25, -0.2) is 19.6 Å². The van der Waals surface area contributed by atoms with Crippen molar-refractivity contribution in [2.24, 2.45) is 0 Å². The SMILES string of the molecule is CCOC(=O)C1=C(C)NC(=O)N(NC(=O)c2ccc3ocnc3c2)C1c1ccco1. The molecule has 30 heavy (non-hydrogen) atoms. The minimum Gasteiger partial charge on any atom is -0.467 e. The molecular weight excluding hydrogens is 392 g/mol. The molecule has 0 saturated heterocycles. The van der Waals surface area contributed by atoms with Crippen LogP contribution in [0.4, 0.5) is 4.79 Å². The Kier molecular flexibility index (Phi) is 4.97. The highest BCUT2D eigenvalue weighted by molar-refractivity contribution is 5.99. The monoisotopic (exact) mass is 410 g/mol. The van der Waals surface area contributed by atoms with E-state index in [1.807, 2.05) is 0 Å². The van der Waals surface area contributed by atoms with E-state index in [0.717, 1.165) is 5.01 Å². The van der Waals surface area contributed by atoms with Crippen molar-refractivity contribution < 1.29 is 28.0 Å². The number of amides is 3. The Morgan fingerprint density at radius 3 is 2.87 bits per heavy atom. The minimum atomic E-state index is -1.01. The van der Waals surface area contributed by atoms with Gasteiger partial charge >= 0.3 is 12.0 Å². The zero-order valence-electron chi connectivity index (χ0n) is 16.2. The number of carbonyl (C=O) groups excluding carboxylic acids is 3. The van der Waals surface area contributed by atoms with Crippen molar-refractivity contribution in [3.8, 4) is 0 Å². The van der Waals surface area contributed by atoms with Gasteiger partial charge < -0.3 is 18.9 Å². The number of oxazole rings is 1. The summed E-state index contributed by atoms with van der Waals surface area (Å²) in [6.45, 7) is 3.41. The number of furan rings is 1. The summed E-state index contributed by atoms with van der Waals surface area (Å²) < 4.78 is 15.8. The summed E-state index contributed by atoms with van der Waals surface area (Å²) in [6, 6.07) is 6.27. The lowest BCUT2D eigenvalue weighted by atomic mass is 10.00. The molecule has 0 saturated carbocycles. The summed E-state index contributed by atoms with van der Waals surface area (Å²) in [5.74, 6) is -0.909. The summed E-state index contributed by atoms with van der Waals surface area (Å²) in [4.78, 5) is 42.2. The lowest BCUT2D eigenvalue weighted by Crippen LogP contribution is -2.56. The number of allylic oxidation sites excluding steroid dienone is 1. The highest BCUT2D eigenvalue weighted by Crippen LogP contribution is 2.33. The highest BCUT2D eigenvalue weighted by atomic mass is 16.5. The largest absolute Gasteiger partial charge is 0.467 e. The standard InChI is InChI=1S/C20H18N4O6/c1-3-28-19(26)16-11(2)22-20(27)24(17(16)15-5-4-8-29-15)23-18(25)12-6-7-14-13(9-12)21-10-30-14/h4-10,17H,3H2,1-2H3,(H,22,27)(H,23,25). The molecule has 4 rings (SSSR count). The second-order valence-electron chi connectivity index (χ2n) is 6.45. The van der Waals surface area contributed by atoms with Crippen molar-refractivity contribution in [1.29, 1.82) is 0 Å². The van der Waals surface area contributed by atoms with Crippen LogP contribution in [0.15, 0.2) is 63.1 Å². The third-order valence-electron chi connectivity index (χ3n) is 4.57. The number of urea groups is 1. The fraction of sp³-hybridized carbons (Fsp3) is 0.200. The molecule has 0 bridgehead atoms. The third-order valence-corrected chi connectivity index (χ3v) is 4.57. The predicted octanol–water partition coefficient (Wildman–Crippen LogP) is 2.67. The van der Waals surface area contributed by atoms with Gasteiger partial charge in [-0.1, -0.05) is 0 Å². The maximum absolute atomic E-state index is 12.9. The molecule has 1 unspecified atom stereocenters. The summed E-state index contributed by atoms with van der Waals surface area (Å²) in [6.07, 6.45) is 2.69. The van der Waals surface area contributed by atoms with Gasteiger partial charge in [0, 0.05) is 11.3 Å². The molecule has 3 aromatic rings. The molecule has 0 radical (unpaired) electrons. The fourth-order valence-corrected chi connectivity index (χ4v) is 3.22. The third kappa shape index (κ3) is 3.39. The van der Waals surface area contributed by atoms with Crippen LogP contribution in [0.3, 0.4) is 0 Å². The molecule has 1 aliphatic rings. The Labute approximate surface area is 170 Å². The average molecular weight is 410 g/mol. The first-order chi connectivity index (χ1) is 14.5. The number of rotatable bonds is 5. The van der Waals surface area contributed by atoms with E-state index in [2.05, 4.69) is 15.7 Å². The Morgan fingerprint density at radius 1 is 1.30 bits per heavy atom. The molecule has 10 nitrogen and oxygen atoms in total. The molecule has 0 spiro atoms. The van der Waals surface area contributed by atoms with E-state index >= 15 is 0 Å². The molecule has 0 aliphatic carbocycles. The number of hydrogen-bond donors (Lipinski definition) is 2. The number of carbonyl (C=O) groups is 3. The second kappa shape index (κ2) is 7.74. The first kappa shape index (κ1) is 19.2. The van der Waals surface area contributed by atoms with Crippen LogP contribution < -0.4 is 10.7 Å². The van der Waals surface area contributed by atoms with Gasteiger partial charge in [0.15, 0.2) is 12.0 Å². The van der Waals surface area contributed by atoms with Gasteiger partial charge in [-0.05, 0) is 44.2 Å². The van der Waals surface area contributed by atoms with Gasteiger partial charge in [-0.2, -0.15) is 0 Å². The van der Waals surface area contributed by atoms with E-state index in [1.54, 1.807) is 38.1 Å².